The van der Waals surface area contributed by atoms with E-state index in [9.17, 15) is 4.79 Å². The average molecular weight is 257 g/mol. The highest BCUT2D eigenvalue weighted by Gasteiger charge is 2.03. The van der Waals surface area contributed by atoms with E-state index in [1.807, 2.05) is 0 Å². The number of anilines is 1. The summed E-state index contributed by atoms with van der Waals surface area (Å²) >= 11 is 11.5. The van der Waals surface area contributed by atoms with E-state index in [4.69, 9.17) is 29.6 Å². The van der Waals surface area contributed by atoms with Crippen LogP contribution in [0.1, 0.15) is 6.42 Å². The van der Waals surface area contributed by atoms with Crippen LogP contribution in [0.5, 0.6) is 0 Å². The van der Waals surface area contributed by atoms with Gasteiger partial charge >= 0.3 is 6.03 Å². The van der Waals surface area contributed by atoms with Gasteiger partial charge in [0.2, 0.25) is 0 Å². The third-order valence-electron chi connectivity index (χ3n) is 1.73. The zero-order chi connectivity index (χ0) is 12.0. The molecule has 2 amide bonds. The van der Waals surface area contributed by atoms with Crippen LogP contribution in [0.3, 0.4) is 0 Å². The molecule has 0 aromatic heterocycles. The highest BCUT2D eigenvalue weighted by molar-refractivity contribution is 6.42. The van der Waals surface area contributed by atoms with Crippen LogP contribution in [-0.2, 0) is 0 Å². The fourth-order valence-corrected chi connectivity index (χ4v) is 1.30. The summed E-state index contributed by atoms with van der Waals surface area (Å²) in [6.07, 6.45) is 5.54. The summed E-state index contributed by atoms with van der Waals surface area (Å²) in [7, 11) is 0. The van der Waals surface area contributed by atoms with Crippen LogP contribution >= 0.6 is 23.2 Å². The minimum Gasteiger partial charge on any atom is -0.337 e. The van der Waals surface area contributed by atoms with Gasteiger partial charge in [-0.3, -0.25) is 0 Å². The molecular formula is C11H10Cl2N2O. The third-order valence-corrected chi connectivity index (χ3v) is 2.47. The average Bonchev–Trinajstić information content (AvgIpc) is 2.24. The van der Waals surface area contributed by atoms with E-state index in [-0.39, 0.29) is 6.03 Å². The zero-order valence-electron chi connectivity index (χ0n) is 8.39. The quantitative estimate of drug-likeness (QED) is 0.633. The number of urea groups is 1. The Labute approximate surface area is 104 Å². The number of halogens is 2. The maximum Gasteiger partial charge on any atom is 0.319 e. The molecule has 0 radical (unpaired) electrons. The lowest BCUT2D eigenvalue weighted by molar-refractivity contribution is 0.252. The highest BCUT2D eigenvalue weighted by Crippen LogP contribution is 2.24. The molecule has 0 spiro atoms. The van der Waals surface area contributed by atoms with Crippen LogP contribution in [0, 0.1) is 12.3 Å². The van der Waals surface area contributed by atoms with Gasteiger partial charge in [0, 0.05) is 18.7 Å². The molecule has 0 saturated carbocycles. The second-order valence-corrected chi connectivity index (χ2v) is 3.78. The summed E-state index contributed by atoms with van der Waals surface area (Å²) < 4.78 is 0. The van der Waals surface area contributed by atoms with Gasteiger partial charge in [0.25, 0.3) is 0 Å². The Hall–Kier alpha value is -1.37. The van der Waals surface area contributed by atoms with E-state index in [1.54, 1.807) is 18.2 Å². The number of hydrogen-bond donors (Lipinski definition) is 2. The van der Waals surface area contributed by atoms with Crippen molar-refractivity contribution in [3.63, 3.8) is 0 Å². The number of benzene rings is 1. The molecule has 0 heterocycles. The molecule has 0 fully saturated rings. The Bertz CT molecular complexity index is 426. The molecule has 0 saturated heterocycles. The first-order valence-corrected chi connectivity index (χ1v) is 5.32. The Morgan fingerprint density at radius 2 is 2.12 bits per heavy atom. The van der Waals surface area contributed by atoms with Crippen molar-refractivity contribution in [1.29, 1.82) is 0 Å². The molecule has 1 aromatic carbocycles. The van der Waals surface area contributed by atoms with Gasteiger partial charge in [0.1, 0.15) is 0 Å². The van der Waals surface area contributed by atoms with Crippen molar-refractivity contribution in [3.05, 3.63) is 28.2 Å². The lowest BCUT2D eigenvalue weighted by Crippen LogP contribution is -2.29. The standard InChI is InChI=1S/C11H10Cl2N2O/c1-2-3-6-14-11(16)15-8-4-5-9(12)10(13)7-8/h1,4-5,7H,3,6H2,(H2,14,15,16). The Morgan fingerprint density at radius 3 is 2.75 bits per heavy atom. The fourth-order valence-electron chi connectivity index (χ4n) is 0.997. The number of nitrogens with one attached hydrogen (secondary N) is 2. The molecule has 0 aliphatic heterocycles. The van der Waals surface area contributed by atoms with Crippen LogP contribution in [0.2, 0.25) is 10.0 Å². The first-order chi connectivity index (χ1) is 7.63. The first kappa shape index (κ1) is 12.7. The Morgan fingerprint density at radius 1 is 1.38 bits per heavy atom. The van der Waals surface area contributed by atoms with Gasteiger partial charge in [0.15, 0.2) is 0 Å². The van der Waals surface area contributed by atoms with Gasteiger partial charge < -0.3 is 10.6 Å². The molecule has 2 N–H and O–H groups in total. The molecule has 3 nitrogen and oxygen atoms in total. The van der Waals surface area contributed by atoms with E-state index in [2.05, 4.69) is 16.6 Å². The van der Waals surface area contributed by atoms with Crippen LogP contribution < -0.4 is 10.6 Å². The smallest absolute Gasteiger partial charge is 0.319 e. The summed E-state index contributed by atoms with van der Waals surface area (Å²) in [6.45, 7) is 0.434. The minimum absolute atomic E-state index is 0.325. The number of hydrogen-bond acceptors (Lipinski definition) is 1. The van der Waals surface area contributed by atoms with Gasteiger partial charge in [0.05, 0.1) is 10.0 Å². The normalized spacial score (nSPS) is 9.31. The van der Waals surface area contributed by atoms with Crippen LogP contribution in [0.15, 0.2) is 18.2 Å². The van der Waals surface area contributed by atoms with Crippen molar-refractivity contribution in [2.24, 2.45) is 0 Å². The summed E-state index contributed by atoms with van der Waals surface area (Å²) in [5.41, 5.74) is 0.576. The zero-order valence-corrected chi connectivity index (χ0v) is 9.90. The molecule has 0 atom stereocenters. The lowest BCUT2D eigenvalue weighted by atomic mass is 10.3. The van der Waals surface area contributed by atoms with E-state index >= 15 is 0 Å². The van der Waals surface area contributed by atoms with Gasteiger partial charge in [-0.05, 0) is 18.2 Å². The number of carbonyl (C=O) groups is 1. The molecule has 0 bridgehead atoms. The molecule has 84 valence electrons. The predicted octanol–water partition coefficient (Wildman–Crippen LogP) is 3.14. The van der Waals surface area contributed by atoms with E-state index in [1.165, 1.54) is 0 Å². The van der Waals surface area contributed by atoms with Gasteiger partial charge in [-0.25, -0.2) is 4.79 Å². The molecule has 1 aromatic rings. The van der Waals surface area contributed by atoms with Crippen molar-refractivity contribution in [3.8, 4) is 12.3 Å². The van der Waals surface area contributed by atoms with Crippen molar-refractivity contribution in [1.82, 2.24) is 5.32 Å². The van der Waals surface area contributed by atoms with Gasteiger partial charge in [-0.1, -0.05) is 23.2 Å². The van der Waals surface area contributed by atoms with Gasteiger partial charge in [-0.2, -0.15) is 0 Å². The summed E-state index contributed by atoms with van der Waals surface area (Å²) in [6, 6.07) is 4.52. The molecule has 0 aliphatic rings. The fraction of sp³-hybridized carbons (Fsp3) is 0.182. The summed E-state index contributed by atoms with van der Waals surface area (Å²) in [5, 5.41) is 6.04. The maximum absolute atomic E-state index is 11.3. The van der Waals surface area contributed by atoms with Crippen LogP contribution in [0.4, 0.5) is 10.5 Å². The van der Waals surface area contributed by atoms with Crippen molar-refractivity contribution < 1.29 is 4.79 Å². The van der Waals surface area contributed by atoms with Crippen molar-refractivity contribution in [2.45, 2.75) is 6.42 Å². The SMILES string of the molecule is C#CCCNC(=O)Nc1ccc(Cl)c(Cl)c1. The van der Waals surface area contributed by atoms with E-state index in [0.29, 0.717) is 28.7 Å². The number of rotatable bonds is 3. The first-order valence-electron chi connectivity index (χ1n) is 4.57. The van der Waals surface area contributed by atoms with Gasteiger partial charge in [-0.15, -0.1) is 12.3 Å². The molecule has 0 unspecified atom stereocenters. The second kappa shape index (κ2) is 6.26. The Kier molecular flexibility index (Phi) is 4.97. The largest absolute Gasteiger partial charge is 0.337 e. The monoisotopic (exact) mass is 256 g/mol. The molecule has 5 heteroatoms. The Balaban J connectivity index is 2.50. The predicted molar refractivity (Wildman–Crippen MR) is 66.9 cm³/mol. The van der Waals surface area contributed by atoms with Crippen molar-refractivity contribution in [2.75, 3.05) is 11.9 Å². The number of amides is 2. The van der Waals surface area contributed by atoms with E-state index in [0.717, 1.165) is 0 Å². The molecule has 0 aliphatic carbocycles. The second-order valence-electron chi connectivity index (χ2n) is 2.96. The van der Waals surface area contributed by atoms with E-state index < -0.39 is 0 Å². The van der Waals surface area contributed by atoms with Crippen LogP contribution in [0.25, 0.3) is 0 Å². The minimum atomic E-state index is -0.325. The van der Waals surface area contributed by atoms with Crippen LogP contribution in [-0.4, -0.2) is 12.6 Å². The highest BCUT2D eigenvalue weighted by atomic mass is 35.5. The third kappa shape index (κ3) is 4.01. The summed E-state index contributed by atoms with van der Waals surface area (Å²) in [4.78, 5) is 11.3. The molecule has 1 rings (SSSR count). The number of terminal acetylenes is 1. The maximum atomic E-state index is 11.3. The van der Waals surface area contributed by atoms with Crippen molar-refractivity contribution >= 4 is 34.9 Å². The molecule has 16 heavy (non-hydrogen) atoms. The number of carbonyl (C=O) groups excluding carboxylic acids is 1. The molecular weight excluding hydrogens is 247 g/mol. The lowest BCUT2D eigenvalue weighted by Gasteiger charge is -2.07. The summed E-state index contributed by atoms with van der Waals surface area (Å²) in [5.74, 6) is 2.42. The topological polar surface area (TPSA) is 41.1 Å².